The number of sulfonamides is 1. The van der Waals surface area contributed by atoms with E-state index in [1.807, 2.05) is 0 Å². The highest BCUT2D eigenvalue weighted by Crippen LogP contribution is 2.23. The van der Waals surface area contributed by atoms with Gasteiger partial charge in [-0.25, -0.2) is 12.8 Å². The summed E-state index contributed by atoms with van der Waals surface area (Å²) in [6.07, 6.45) is 0.873. The van der Waals surface area contributed by atoms with Crippen molar-refractivity contribution in [1.29, 1.82) is 0 Å². The molecular formula is C12H14FNO4S. The fraction of sp³-hybridized carbons (Fsp3) is 0.417. The van der Waals surface area contributed by atoms with Crippen LogP contribution < -0.4 is 0 Å². The van der Waals surface area contributed by atoms with Crippen molar-refractivity contribution in [3.8, 4) is 0 Å². The van der Waals surface area contributed by atoms with E-state index in [0.717, 1.165) is 4.31 Å². The molecule has 1 heterocycles. The fourth-order valence-corrected chi connectivity index (χ4v) is 3.96. The zero-order valence-corrected chi connectivity index (χ0v) is 10.9. The standard InChI is InChI=1S/C12H14FNO4S/c13-10-5-3-9(4-6-10)8-19(17,18)14-7-1-2-11(14)12(15)16/h3-6,11H,1-2,7-8H2,(H,15,16)/t11-/m1/s1. The van der Waals surface area contributed by atoms with Gasteiger partial charge in [0.2, 0.25) is 10.0 Å². The second kappa shape index (κ2) is 5.26. The zero-order chi connectivity index (χ0) is 14.0. The van der Waals surface area contributed by atoms with Crippen LogP contribution in [0.5, 0.6) is 0 Å². The van der Waals surface area contributed by atoms with E-state index >= 15 is 0 Å². The molecule has 5 nitrogen and oxygen atoms in total. The third-order valence-electron chi connectivity index (χ3n) is 3.11. The van der Waals surface area contributed by atoms with Gasteiger partial charge in [-0.1, -0.05) is 12.1 Å². The van der Waals surface area contributed by atoms with Crippen molar-refractivity contribution in [3.63, 3.8) is 0 Å². The first kappa shape index (κ1) is 14.0. The monoisotopic (exact) mass is 287 g/mol. The lowest BCUT2D eigenvalue weighted by Gasteiger charge is -2.20. The number of carboxylic acid groups (broad SMARTS) is 1. The van der Waals surface area contributed by atoms with Crippen LogP contribution in [0.15, 0.2) is 24.3 Å². The lowest BCUT2D eigenvalue weighted by Crippen LogP contribution is -2.40. The van der Waals surface area contributed by atoms with Crippen molar-refractivity contribution in [3.05, 3.63) is 35.6 Å². The number of nitrogens with zero attached hydrogens (tertiary/aromatic N) is 1. The molecule has 1 N–H and O–H groups in total. The molecule has 19 heavy (non-hydrogen) atoms. The lowest BCUT2D eigenvalue weighted by molar-refractivity contribution is -0.140. The van der Waals surface area contributed by atoms with Gasteiger partial charge in [-0.15, -0.1) is 0 Å². The Morgan fingerprint density at radius 2 is 2.00 bits per heavy atom. The van der Waals surface area contributed by atoms with E-state index in [9.17, 15) is 17.6 Å². The van der Waals surface area contributed by atoms with E-state index in [4.69, 9.17) is 5.11 Å². The minimum atomic E-state index is -3.69. The predicted octanol–water partition coefficient (Wildman–Crippen LogP) is 1.20. The van der Waals surface area contributed by atoms with Crippen LogP contribution in [-0.2, 0) is 20.6 Å². The molecule has 0 amide bonds. The summed E-state index contributed by atoms with van der Waals surface area (Å²) in [6.45, 7) is 0.223. The Balaban J connectivity index is 2.18. The fourth-order valence-electron chi connectivity index (χ4n) is 2.19. The highest BCUT2D eigenvalue weighted by molar-refractivity contribution is 7.88. The topological polar surface area (TPSA) is 74.7 Å². The summed E-state index contributed by atoms with van der Waals surface area (Å²) in [5.74, 6) is -1.87. The van der Waals surface area contributed by atoms with Gasteiger partial charge in [0.25, 0.3) is 0 Å². The Morgan fingerprint density at radius 1 is 1.37 bits per heavy atom. The molecule has 1 aromatic carbocycles. The van der Waals surface area contributed by atoms with Gasteiger partial charge in [0.05, 0.1) is 5.75 Å². The van der Waals surface area contributed by atoms with Crippen molar-refractivity contribution < 1.29 is 22.7 Å². The molecule has 1 aliphatic heterocycles. The van der Waals surface area contributed by atoms with Crippen LogP contribution in [0.25, 0.3) is 0 Å². The minimum Gasteiger partial charge on any atom is -0.480 e. The minimum absolute atomic E-state index is 0.223. The SMILES string of the molecule is O=C(O)[C@H]1CCCN1S(=O)(=O)Cc1ccc(F)cc1. The molecule has 104 valence electrons. The summed E-state index contributed by atoms with van der Waals surface area (Å²) in [5, 5.41) is 8.99. The highest BCUT2D eigenvalue weighted by atomic mass is 32.2. The van der Waals surface area contributed by atoms with E-state index in [-0.39, 0.29) is 12.3 Å². The van der Waals surface area contributed by atoms with Crippen molar-refractivity contribution in [2.24, 2.45) is 0 Å². The number of halogens is 1. The molecule has 0 radical (unpaired) electrons. The Labute approximate surface area is 110 Å². The maximum absolute atomic E-state index is 12.8. The van der Waals surface area contributed by atoms with Crippen LogP contribution in [0.2, 0.25) is 0 Å². The predicted molar refractivity (Wildman–Crippen MR) is 66.4 cm³/mol. The average molecular weight is 287 g/mol. The molecule has 2 rings (SSSR count). The molecular weight excluding hydrogens is 273 g/mol. The third kappa shape index (κ3) is 3.10. The Morgan fingerprint density at radius 3 is 2.58 bits per heavy atom. The second-order valence-corrected chi connectivity index (χ2v) is 6.41. The summed E-state index contributed by atoms with van der Waals surface area (Å²) in [5.41, 5.74) is 0.442. The first-order chi connectivity index (χ1) is 8.90. The second-order valence-electron chi connectivity index (χ2n) is 4.49. The molecule has 1 fully saturated rings. The van der Waals surface area contributed by atoms with E-state index in [1.54, 1.807) is 0 Å². The first-order valence-electron chi connectivity index (χ1n) is 5.87. The Hall–Kier alpha value is -1.47. The van der Waals surface area contributed by atoms with Crippen LogP contribution in [0.1, 0.15) is 18.4 Å². The Bertz CT molecular complexity index is 570. The van der Waals surface area contributed by atoms with Crippen LogP contribution in [0.3, 0.4) is 0 Å². The van der Waals surface area contributed by atoms with Crippen molar-refractivity contribution in [2.75, 3.05) is 6.54 Å². The molecule has 0 aromatic heterocycles. The van der Waals surface area contributed by atoms with Crippen LogP contribution in [-0.4, -0.2) is 36.4 Å². The summed E-state index contributed by atoms with van der Waals surface area (Å²) < 4.78 is 38.1. The van der Waals surface area contributed by atoms with Gasteiger partial charge >= 0.3 is 5.97 Å². The molecule has 0 aliphatic carbocycles. The number of carboxylic acids is 1. The van der Waals surface area contributed by atoms with Crippen LogP contribution in [0.4, 0.5) is 4.39 Å². The normalized spacial score (nSPS) is 20.6. The summed E-state index contributed by atoms with van der Waals surface area (Å²) in [6, 6.07) is 4.16. The maximum atomic E-state index is 12.8. The summed E-state index contributed by atoms with van der Waals surface area (Å²) >= 11 is 0. The zero-order valence-electron chi connectivity index (χ0n) is 10.1. The van der Waals surface area contributed by atoms with Gasteiger partial charge in [-0.05, 0) is 30.5 Å². The van der Waals surface area contributed by atoms with E-state index in [0.29, 0.717) is 18.4 Å². The van der Waals surface area contributed by atoms with Gasteiger partial charge < -0.3 is 5.11 Å². The largest absolute Gasteiger partial charge is 0.480 e. The smallest absolute Gasteiger partial charge is 0.322 e. The van der Waals surface area contributed by atoms with E-state index < -0.39 is 27.9 Å². The van der Waals surface area contributed by atoms with E-state index in [1.165, 1.54) is 24.3 Å². The van der Waals surface area contributed by atoms with Gasteiger partial charge in [0.1, 0.15) is 11.9 Å². The molecule has 1 atom stereocenters. The molecule has 1 saturated heterocycles. The molecule has 7 heteroatoms. The number of benzene rings is 1. The van der Waals surface area contributed by atoms with Crippen LogP contribution in [0, 0.1) is 5.82 Å². The van der Waals surface area contributed by atoms with Gasteiger partial charge in [-0.2, -0.15) is 4.31 Å². The number of carbonyl (C=O) groups is 1. The number of aliphatic carboxylic acids is 1. The number of hydrogen-bond donors (Lipinski definition) is 1. The van der Waals surface area contributed by atoms with Crippen molar-refractivity contribution >= 4 is 16.0 Å². The highest BCUT2D eigenvalue weighted by Gasteiger charge is 2.38. The van der Waals surface area contributed by atoms with Crippen molar-refractivity contribution in [2.45, 2.75) is 24.6 Å². The quantitative estimate of drug-likeness (QED) is 0.903. The van der Waals surface area contributed by atoms with E-state index in [2.05, 4.69) is 0 Å². The molecule has 0 saturated carbocycles. The average Bonchev–Trinajstić information content (AvgIpc) is 2.82. The van der Waals surface area contributed by atoms with Gasteiger partial charge in [0.15, 0.2) is 0 Å². The number of hydrogen-bond acceptors (Lipinski definition) is 3. The molecule has 1 aliphatic rings. The first-order valence-corrected chi connectivity index (χ1v) is 7.48. The molecule has 1 aromatic rings. The van der Waals surface area contributed by atoms with Crippen LogP contribution >= 0.6 is 0 Å². The van der Waals surface area contributed by atoms with Crippen molar-refractivity contribution in [1.82, 2.24) is 4.31 Å². The Kier molecular flexibility index (Phi) is 3.86. The number of rotatable bonds is 4. The summed E-state index contributed by atoms with van der Waals surface area (Å²) in [4.78, 5) is 11.0. The molecule has 0 unspecified atom stereocenters. The third-order valence-corrected chi connectivity index (χ3v) is 4.96. The summed E-state index contributed by atoms with van der Waals surface area (Å²) in [7, 11) is -3.69. The van der Waals surface area contributed by atoms with Gasteiger partial charge in [-0.3, -0.25) is 4.79 Å². The molecule has 0 spiro atoms. The maximum Gasteiger partial charge on any atom is 0.322 e. The van der Waals surface area contributed by atoms with Gasteiger partial charge in [0, 0.05) is 6.54 Å². The molecule has 0 bridgehead atoms. The lowest BCUT2D eigenvalue weighted by atomic mass is 10.2.